The largest absolute Gasteiger partial charge is 0.480 e. The van der Waals surface area contributed by atoms with E-state index in [2.05, 4.69) is 10.6 Å². The van der Waals surface area contributed by atoms with Crippen molar-refractivity contribution in [2.45, 2.75) is 37.8 Å². The summed E-state index contributed by atoms with van der Waals surface area (Å²) in [6.45, 7) is 1.73. The topological polar surface area (TPSA) is 139 Å². The molecular weight excluding hydrogens is 460 g/mol. The summed E-state index contributed by atoms with van der Waals surface area (Å²) in [6, 6.07) is 13.4. The average Bonchev–Trinajstić information content (AvgIpc) is 3.11. The fourth-order valence-corrected chi connectivity index (χ4v) is 4.66. The van der Waals surface area contributed by atoms with Gasteiger partial charge < -0.3 is 20.5 Å². The van der Waals surface area contributed by atoms with E-state index in [-0.39, 0.29) is 31.1 Å². The molecule has 3 rings (SSSR count). The molecule has 1 unspecified atom stereocenters. The SMILES string of the molecule is CC[C@@H](NC(=O)OCC1c2ccccc2-c2ccccc21)C(=O)NC(CCS(C)(=O)=O)C(=O)O. The molecule has 0 saturated heterocycles. The second-order valence-electron chi connectivity index (χ2n) is 8.25. The molecule has 0 aliphatic heterocycles. The molecule has 0 spiro atoms. The third-order valence-electron chi connectivity index (χ3n) is 5.75. The van der Waals surface area contributed by atoms with Crippen molar-refractivity contribution in [2.24, 2.45) is 0 Å². The summed E-state index contributed by atoms with van der Waals surface area (Å²) in [5.74, 6) is -2.61. The lowest BCUT2D eigenvalue weighted by Gasteiger charge is -2.21. The third kappa shape index (κ3) is 6.13. The second kappa shape index (κ2) is 10.7. The van der Waals surface area contributed by atoms with Crippen molar-refractivity contribution in [3.63, 3.8) is 0 Å². The highest BCUT2D eigenvalue weighted by atomic mass is 32.2. The number of benzene rings is 2. The number of amides is 2. The summed E-state index contributed by atoms with van der Waals surface area (Å²) in [5.41, 5.74) is 4.28. The summed E-state index contributed by atoms with van der Waals surface area (Å²) >= 11 is 0. The van der Waals surface area contributed by atoms with Crippen molar-refractivity contribution < 1.29 is 32.6 Å². The number of aliphatic carboxylic acids is 1. The number of hydrogen-bond acceptors (Lipinski definition) is 6. The molecule has 0 saturated carbocycles. The zero-order valence-electron chi connectivity index (χ0n) is 19.0. The quantitative estimate of drug-likeness (QED) is 0.466. The van der Waals surface area contributed by atoms with E-state index < -0.39 is 39.9 Å². The van der Waals surface area contributed by atoms with E-state index in [9.17, 15) is 27.9 Å². The number of ether oxygens (including phenoxy) is 1. The zero-order valence-corrected chi connectivity index (χ0v) is 19.8. The van der Waals surface area contributed by atoms with Crippen LogP contribution in [0.4, 0.5) is 4.79 Å². The molecule has 2 aromatic rings. The Balaban J connectivity index is 1.60. The first-order chi connectivity index (χ1) is 16.1. The summed E-state index contributed by atoms with van der Waals surface area (Å²) in [7, 11) is -3.40. The highest BCUT2D eigenvalue weighted by Gasteiger charge is 2.30. The molecule has 10 heteroatoms. The number of carbonyl (C=O) groups is 3. The zero-order chi connectivity index (χ0) is 24.9. The van der Waals surface area contributed by atoms with E-state index in [0.717, 1.165) is 28.5 Å². The van der Waals surface area contributed by atoms with Crippen LogP contribution in [0.15, 0.2) is 48.5 Å². The van der Waals surface area contributed by atoms with Crippen molar-refractivity contribution in [3.8, 4) is 11.1 Å². The minimum absolute atomic E-state index is 0.0734. The van der Waals surface area contributed by atoms with Gasteiger partial charge in [-0.25, -0.2) is 18.0 Å². The van der Waals surface area contributed by atoms with Crippen LogP contribution >= 0.6 is 0 Å². The lowest BCUT2D eigenvalue weighted by Crippen LogP contribution is -2.51. The highest BCUT2D eigenvalue weighted by molar-refractivity contribution is 7.90. The Morgan fingerprint density at radius 3 is 2.03 bits per heavy atom. The van der Waals surface area contributed by atoms with E-state index in [4.69, 9.17) is 4.74 Å². The standard InChI is InChI=1S/C24H28N2O7S/c1-3-20(22(27)25-21(23(28)29)12-13-34(2,31)32)26-24(30)33-14-19-17-10-6-4-8-15(17)16-9-5-7-11-18(16)19/h4-11,19-21H,3,12-14H2,1-2H3,(H,25,27)(H,26,30)(H,28,29)/t20-,21?/m1/s1. The van der Waals surface area contributed by atoms with Crippen LogP contribution < -0.4 is 10.6 Å². The van der Waals surface area contributed by atoms with Crippen LogP contribution in [0, 0.1) is 0 Å². The molecule has 2 amide bonds. The fraction of sp³-hybridized carbons (Fsp3) is 0.375. The molecule has 0 aromatic heterocycles. The van der Waals surface area contributed by atoms with E-state index in [0.29, 0.717) is 0 Å². The number of rotatable bonds is 10. The Bertz CT molecular complexity index is 1130. The second-order valence-corrected chi connectivity index (χ2v) is 10.5. The van der Waals surface area contributed by atoms with Gasteiger partial charge in [0, 0.05) is 12.2 Å². The molecule has 1 aliphatic rings. The smallest absolute Gasteiger partial charge is 0.407 e. The Kier molecular flexibility index (Phi) is 7.93. The van der Waals surface area contributed by atoms with Gasteiger partial charge in [0.25, 0.3) is 0 Å². The van der Waals surface area contributed by atoms with Crippen LogP contribution in [0.1, 0.15) is 36.8 Å². The molecule has 0 heterocycles. The lowest BCUT2D eigenvalue weighted by atomic mass is 9.98. The molecule has 0 radical (unpaired) electrons. The van der Waals surface area contributed by atoms with Crippen LogP contribution in [-0.4, -0.2) is 62.2 Å². The van der Waals surface area contributed by atoms with Crippen molar-refractivity contribution in [3.05, 3.63) is 59.7 Å². The van der Waals surface area contributed by atoms with Crippen LogP contribution in [0.2, 0.25) is 0 Å². The lowest BCUT2D eigenvalue weighted by molar-refractivity contribution is -0.142. The monoisotopic (exact) mass is 488 g/mol. The summed E-state index contributed by atoms with van der Waals surface area (Å²) in [6.07, 6.45) is 0.101. The van der Waals surface area contributed by atoms with E-state index >= 15 is 0 Å². The molecule has 0 fully saturated rings. The fourth-order valence-electron chi connectivity index (χ4n) is 4.00. The van der Waals surface area contributed by atoms with Crippen molar-refractivity contribution in [2.75, 3.05) is 18.6 Å². The number of nitrogens with one attached hydrogen (secondary N) is 2. The molecule has 3 N–H and O–H groups in total. The molecular formula is C24H28N2O7S. The number of alkyl carbamates (subject to hydrolysis) is 1. The first-order valence-corrected chi connectivity index (χ1v) is 13.0. The van der Waals surface area contributed by atoms with E-state index in [1.54, 1.807) is 6.92 Å². The number of carboxylic acids is 1. The molecule has 0 bridgehead atoms. The Hall–Kier alpha value is -3.40. The Labute approximate surface area is 198 Å². The maximum atomic E-state index is 12.5. The summed E-state index contributed by atoms with van der Waals surface area (Å²) in [4.78, 5) is 36.4. The number of carbonyl (C=O) groups excluding carboxylic acids is 2. The van der Waals surface area contributed by atoms with Gasteiger partial charge in [-0.3, -0.25) is 4.79 Å². The Morgan fingerprint density at radius 1 is 0.971 bits per heavy atom. The van der Waals surface area contributed by atoms with Crippen LogP contribution in [-0.2, 0) is 24.2 Å². The first kappa shape index (κ1) is 25.2. The third-order valence-corrected chi connectivity index (χ3v) is 6.73. The van der Waals surface area contributed by atoms with Crippen molar-refractivity contribution in [1.82, 2.24) is 10.6 Å². The van der Waals surface area contributed by atoms with Crippen LogP contribution in [0.3, 0.4) is 0 Å². The maximum absolute atomic E-state index is 12.5. The molecule has 34 heavy (non-hydrogen) atoms. The van der Waals surface area contributed by atoms with Gasteiger partial charge in [0.1, 0.15) is 28.5 Å². The maximum Gasteiger partial charge on any atom is 0.407 e. The minimum atomic E-state index is -3.40. The van der Waals surface area contributed by atoms with Crippen molar-refractivity contribution >= 4 is 27.8 Å². The predicted molar refractivity (Wildman–Crippen MR) is 126 cm³/mol. The normalized spacial score (nSPS) is 14.4. The molecule has 9 nitrogen and oxygen atoms in total. The van der Waals surface area contributed by atoms with E-state index in [1.807, 2.05) is 48.5 Å². The van der Waals surface area contributed by atoms with Gasteiger partial charge in [0.05, 0.1) is 5.75 Å². The number of fused-ring (bicyclic) bond motifs is 3. The Morgan fingerprint density at radius 2 is 1.53 bits per heavy atom. The molecule has 2 aromatic carbocycles. The van der Waals surface area contributed by atoms with Gasteiger partial charge in [-0.1, -0.05) is 55.5 Å². The van der Waals surface area contributed by atoms with Gasteiger partial charge in [0.2, 0.25) is 5.91 Å². The highest BCUT2D eigenvalue weighted by Crippen LogP contribution is 2.44. The van der Waals surface area contributed by atoms with Crippen molar-refractivity contribution in [1.29, 1.82) is 0 Å². The van der Waals surface area contributed by atoms with Gasteiger partial charge in [0.15, 0.2) is 0 Å². The molecule has 2 atom stereocenters. The molecule has 1 aliphatic carbocycles. The van der Waals surface area contributed by atoms with E-state index in [1.165, 1.54) is 0 Å². The number of hydrogen-bond donors (Lipinski definition) is 3. The number of sulfone groups is 1. The summed E-state index contributed by atoms with van der Waals surface area (Å²) < 4.78 is 28.1. The average molecular weight is 489 g/mol. The minimum Gasteiger partial charge on any atom is -0.480 e. The van der Waals surface area contributed by atoms with Gasteiger partial charge in [-0.15, -0.1) is 0 Å². The summed E-state index contributed by atoms with van der Waals surface area (Å²) in [5, 5.41) is 14.1. The van der Waals surface area contributed by atoms with Gasteiger partial charge in [-0.05, 0) is 35.1 Å². The van der Waals surface area contributed by atoms with Crippen LogP contribution in [0.25, 0.3) is 11.1 Å². The predicted octanol–water partition coefficient (Wildman–Crippen LogP) is 2.31. The molecule has 182 valence electrons. The van der Waals surface area contributed by atoms with Crippen LogP contribution in [0.5, 0.6) is 0 Å². The van der Waals surface area contributed by atoms with Gasteiger partial charge in [-0.2, -0.15) is 0 Å². The first-order valence-electron chi connectivity index (χ1n) is 10.9. The van der Waals surface area contributed by atoms with Gasteiger partial charge >= 0.3 is 12.1 Å². The number of carboxylic acid groups (broad SMARTS) is 1.